The Labute approximate surface area is 158 Å². The molecule has 2 N–H and O–H groups in total. The van der Waals surface area contributed by atoms with Crippen molar-refractivity contribution in [3.8, 4) is 0 Å². The fourth-order valence-electron chi connectivity index (χ4n) is 3.15. The Kier molecular flexibility index (Phi) is 5.22. The zero-order valence-electron chi connectivity index (χ0n) is 16.3. The molecule has 1 fully saturated rings. The quantitative estimate of drug-likeness (QED) is 0.769. The van der Waals surface area contributed by atoms with Gasteiger partial charge in [-0.3, -0.25) is 9.59 Å². The predicted molar refractivity (Wildman–Crippen MR) is 101 cm³/mol. The number of hydrogen-bond acceptors (Lipinski definition) is 5. The van der Waals surface area contributed by atoms with Crippen molar-refractivity contribution in [3.05, 3.63) is 23.0 Å². The average molecular weight is 373 g/mol. The topological polar surface area (TPSA) is 105 Å². The van der Waals surface area contributed by atoms with Gasteiger partial charge < -0.3 is 14.9 Å². The molecule has 1 aliphatic carbocycles. The van der Waals surface area contributed by atoms with Crippen molar-refractivity contribution in [2.75, 3.05) is 6.54 Å². The molecule has 0 aliphatic heterocycles. The monoisotopic (exact) mass is 373 g/mol. The molecule has 1 aliphatic rings. The number of nitrogens with zero attached hydrogens (tertiary/aromatic N) is 2. The smallest absolute Gasteiger partial charge is 0.303 e. The Balaban J connectivity index is 1.92. The van der Waals surface area contributed by atoms with Crippen LogP contribution >= 0.6 is 0 Å². The molecule has 0 spiro atoms. The van der Waals surface area contributed by atoms with Crippen LogP contribution < -0.4 is 5.32 Å². The van der Waals surface area contributed by atoms with Gasteiger partial charge in [-0.2, -0.15) is 0 Å². The van der Waals surface area contributed by atoms with Gasteiger partial charge in [-0.1, -0.05) is 32.9 Å². The molecule has 7 nitrogen and oxygen atoms in total. The number of pyridine rings is 1. The third-order valence-electron chi connectivity index (χ3n) is 4.61. The van der Waals surface area contributed by atoms with Crippen molar-refractivity contribution < 1.29 is 19.2 Å². The third kappa shape index (κ3) is 4.84. The lowest BCUT2D eigenvalue weighted by atomic mass is 9.89. The minimum absolute atomic E-state index is 0.0112. The Morgan fingerprint density at radius 1 is 1.37 bits per heavy atom. The summed E-state index contributed by atoms with van der Waals surface area (Å²) < 4.78 is 5.46. The molecule has 3 rings (SSSR count). The summed E-state index contributed by atoms with van der Waals surface area (Å²) in [7, 11) is 0. The second-order valence-corrected chi connectivity index (χ2v) is 8.83. The van der Waals surface area contributed by atoms with Gasteiger partial charge in [0.2, 0.25) is 0 Å². The van der Waals surface area contributed by atoms with E-state index in [2.05, 4.69) is 36.2 Å². The highest BCUT2D eigenvalue weighted by atomic mass is 16.5. The van der Waals surface area contributed by atoms with Gasteiger partial charge in [-0.15, -0.1) is 0 Å². The van der Waals surface area contributed by atoms with Gasteiger partial charge in [0.15, 0.2) is 0 Å². The molecular formula is C20H27N3O4. The molecule has 1 unspecified atom stereocenters. The van der Waals surface area contributed by atoms with Crippen molar-refractivity contribution in [3.63, 3.8) is 0 Å². The lowest BCUT2D eigenvalue weighted by molar-refractivity contribution is -0.137. The summed E-state index contributed by atoms with van der Waals surface area (Å²) >= 11 is 0. The molecule has 7 heteroatoms. The van der Waals surface area contributed by atoms with Gasteiger partial charge in [0.1, 0.15) is 0 Å². The van der Waals surface area contributed by atoms with Crippen molar-refractivity contribution in [2.24, 2.45) is 11.3 Å². The van der Waals surface area contributed by atoms with Gasteiger partial charge in [-0.25, -0.2) is 4.98 Å². The van der Waals surface area contributed by atoms with E-state index in [9.17, 15) is 9.59 Å². The summed E-state index contributed by atoms with van der Waals surface area (Å²) in [6, 6.07) is 1.85. The van der Waals surface area contributed by atoms with Crippen LogP contribution in [0.2, 0.25) is 0 Å². The second-order valence-electron chi connectivity index (χ2n) is 8.83. The van der Waals surface area contributed by atoms with E-state index >= 15 is 0 Å². The lowest BCUT2D eigenvalue weighted by Crippen LogP contribution is -2.29. The zero-order chi connectivity index (χ0) is 19.8. The summed E-state index contributed by atoms with van der Waals surface area (Å²) in [6.45, 7) is 8.41. The average Bonchev–Trinajstić information content (AvgIpc) is 3.33. The number of aromatic nitrogens is 2. The van der Waals surface area contributed by atoms with Crippen LogP contribution in [0.3, 0.4) is 0 Å². The van der Waals surface area contributed by atoms with Crippen LogP contribution in [0.25, 0.3) is 11.1 Å². The van der Waals surface area contributed by atoms with Gasteiger partial charge >= 0.3 is 5.97 Å². The number of fused-ring (bicyclic) bond motifs is 1. The summed E-state index contributed by atoms with van der Waals surface area (Å²) in [5.74, 6) is -0.878. The minimum atomic E-state index is -0.870. The fraction of sp³-hybridized carbons (Fsp3) is 0.600. The van der Waals surface area contributed by atoms with Crippen molar-refractivity contribution >= 4 is 23.0 Å². The Hall–Kier alpha value is -2.44. The lowest BCUT2D eigenvalue weighted by Gasteiger charge is -2.16. The SMILES string of the molecule is CC(CNC(=O)c1cc(C2CC2)nc2onc(CC(C)(C)C)c12)CC(=O)O. The first-order valence-electron chi connectivity index (χ1n) is 9.43. The molecule has 146 valence electrons. The van der Waals surface area contributed by atoms with Gasteiger partial charge in [0.25, 0.3) is 11.6 Å². The van der Waals surface area contributed by atoms with Gasteiger partial charge in [-0.05, 0) is 36.7 Å². The minimum Gasteiger partial charge on any atom is -0.481 e. The molecule has 2 aromatic heterocycles. The molecular weight excluding hydrogens is 346 g/mol. The fourth-order valence-corrected chi connectivity index (χ4v) is 3.15. The van der Waals surface area contributed by atoms with E-state index in [-0.39, 0.29) is 23.7 Å². The van der Waals surface area contributed by atoms with Crippen molar-refractivity contribution in [2.45, 2.75) is 59.3 Å². The number of rotatable bonds is 7. The number of amides is 1. The van der Waals surface area contributed by atoms with E-state index in [0.29, 0.717) is 35.5 Å². The van der Waals surface area contributed by atoms with Crippen LogP contribution in [0.4, 0.5) is 0 Å². The molecule has 1 amide bonds. The first-order chi connectivity index (χ1) is 12.6. The van der Waals surface area contributed by atoms with Crippen LogP contribution in [-0.2, 0) is 11.2 Å². The second kappa shape index (κ2) is 7.29. The summed E-state index contributed by atoms with van der Waals surface area (Å²) in [5, 5.41) is 16.6. The third-order valence-corrected chi connectivity index (χ3v) is 4.61. The number of aliphatic carboxylic acids is 1. The summed E-state index contributed by atoms with van der Waals surface area (Å²) in [5.41, 5.74) is 2.51. The highest BCUT2D eigenvalue weighted by molar-refractivity contribution is 6.06. The molecule has 1 saturated carbocycles. The van der Waals surface area contributed by atoms with E-state index in [0.717, 1.165) is 24.2 Å². The van der Waals surface area contributed by atoms with Crippen LogP contribution in [0.1, 0.15) is 74.6 Å². The molecule has 2 heterocycles. The van der Waals surface area contributed by atoms with E-state index in [1.165, 1.54) is 0 Å². The van der Waals surface area contributed by atoms with Crippen LogP contribution in [0, 0.1) is 11.3 Å². The Morgan fingerprint density at radius 2 is 2.07 bits per heavy atom. The van der Waals surface area contributed by atoms with Crippen LogP contribution in [0.15, 0.2) is 10.6 Å². The first kappa shape index (κ1) is 19.3. The molecule has 2 aromatic rings. The first-order valence-corrected chi connectivity index (χ1v) is 9.43. The van der Waals surface area contributed by atoms with E-state index in [4.69, 9.17) is 9.63 Å². The standard InChI is InChI=1S/C20H27N3O4/c1-11(7-16(24)25)10-21-18(26)13-8-14(12-5-6-12)22-19-17(13)15(23-27-19)9-20(2,3)4/h8,11-12H,5-7,9-10H2,1-4H3,(H,21,26)(H,24,25). The van der Waals surface area contributed by atoms with Crippen molar-refractivity contribution in [1.29, 1.82) is 0 Å². The number of hydrogen-bond donors (Lipinski definition) is 2. The Morgan fingerprint density at radius 3 is 2.67 bits per heavy atom. The van der Waals surface area contributed by atoms with Crippen LogP contribution in [-0.4, -0.2) is 33.7 Å². The van der Waals surface area contributed by atoms with Crippen LogP contribution in [0.5, 0.6) is 0 Å². The number of carboxylic acids is 1. The maximum atomic E-state index is 12.9. The molecule has 0 aromatic carbocycles. The normalized spacial score (nSPS) is 15.7. The molecule has 27 heavy (non-hydrogen) atoms. The van der Waals surface area contributed by atoms with Gasteiger partial charge in [0, 0.05) is 24.6 Å². The summed E-state index contributed by atoms with van der Waals surface area (Å²) in [4.78, 5) is 28.3. The maximum absolute atomic E-state index is 12.9. The molecule has 1 atom stereocenters. The highest BCUT2D eigenvalue weighted by Gasteiger charge is 2.30. The number of carbonyl (C=O) groups is 2. The molecule has 0 radical (unpaired) electrons. The number of nitrogens with one attached hydrogen (secondary N) is 1. The van der Waals surface area contributed by atoms with E-state index in [1.807, 2.05) is 6.07 Å². The molecule has 0 bridgehead atoms. The number of carboxylic acid groups (broad SMARTS) is 1. The molecule has 0 saturated heterocycles. The largest absolute Gasteiger partial charge is 0.481 e. The van der Waals surface area contributed by atoms with E-state index in [1.54, 1.807) is 6.92 Å². The number of carbonyl (C=O) groups excluding carboxylic acids is 1. The zero-order valence-corrected chi connectivity index (χ0v) is 16.3. The van der Waals surface area contributed by atoms with Gasteiger partial charge in [0.05, 0.1) is 16.6 Å². The maximum Gasteiger partial charge on any atom is 0.303 e. The Bertz CT molecular complexity index is 862. The predicted octanol–water partition coefficient (Wildman–Crippen LogP) is 3.53. The van der Waals surface area contributed by atoms with Crippen molar-refractivity contribution in [1.82, 2.24) is 15.5 Å². The highest BCUT2D eigenvalue weighted by Crippen LogP contribution is 2.40. The van der Waals surface area contributed by atoms with E-state index < -0.39 is 5.97 Å². The summed E-state index contributed by atoms with van der Waals surface area (Å²) in [6.07, 6.45) is 2.82.